The van der Waals surface area contributed by atoms with Gasteiger partial charge in [0.15, 0.2) is 0 Å². The van der Waals surface area contributed by atoms with Gasteiger partial charge in [0.05, 0.1) is 21.9 Å². The monoisotopic (exact) mass is 603 g/mol. The van der Waals surface area contributed by atoms with Crippen LogP contribution in [0.25, 0.3) is 11.4 Å². The maximum absolute atomic E-state index is 14.2. The lowest BCUT2D eigenvalue weighted by molar-refractivity contribution is -0.384. The first kappa shape index (κ1) is 29.1. The van der Waals surface area contributed by atoms with Crippen molar-refractivity contribution in [2.75, 3.05) is 0 Å². The standard InChI is InChI=1S/C34H29N5O6/c1-21-29(32(40)37(35-21)24-11-5-3-6-12-24)31(30-22(2)36-38(33(30)41)25-13-7-4-8-14-25)27-15-9-10-16-28(27)45-34(42)23-17-19-26(20-18-23)39(43)44/h3-20,27-28,31,35-36H,1-2H3/t27-,28-/m1/s1. The van der Waals surface area contributed by atoms with Gasteiger partial charge in [-0.2, -0.15) is 0 Å². The SMILES string of the molecule is Cc1[nH]n(-c2ccccc2)c(=O)c1C(c1c(C)[nH]n(-c2ccccc2)c1=O)[C@@H]1C=CC=C[C@H]1OC(=O)c1ccc([N+](=O)[O-])cc1. The van der Waals surface area contributed by atoms with Crippen LogP contribution in [-0.4, -0.2) is 36.6 Å². The Labute approximate surface area is 256 Å². The fraction of sp³-hybridized carbons (Fsp3) is 0.147. The Balaban J connectivity index is 1.48. The van der Waals surface area contributed by atoms with Gasteiger partial charge >= 0.3 is 5.97 Å². The number of aromatic nitrogens is 4. The molecule has 2 atom stereocenters. The number of nitro groups is 1. The number of carbonyl (C=O) groups excluding carboxylic acids is 1. The normalized spacial score (nSPS) is 15.8. The molecule has 0 amide bonds. The van der Waals surface area contributed by atoms with Gasteiger partial charge in [0.2, 0.25) is 0 Å². The summed E-state index contributed by atoms with van der Waals surface area (Å²) in [6.45, 7) is 3.56. The average molecular weight is 604 g/mol. The highest BCUT2D eigenvalue weighted by molar-refractivity contribution is 5.89. The van der Waals surface area contributed by atoms with Crippen LogP contribution in [0.3, 0.4) is 0 Å². The summed E-state index contributed by atoms with van der Waals surface area (Å²) in [6.07, 6.45) is 6.19. The number of para-hydroxylation sites is 2. The molecule has 6 rings (SSSR count). The zero-order valence-corrected chi connectivity index (χ0v) is 24.4. The Morgan fingerprint density at radius 2 is 1.27 bits per heavy atom. The highest BCUT2D eigenvalue weighted by atomic mass is 16.6. The number of non-ortho nitro benzene ring substituents is 1. The van der Waals surface area contributed by atoms with E-state index in [4.69, 9.17) is 4.74 Å². The molecule has 1 aliphatic carbocycles. The van der Waals surface area contributed by atoms with Crippen molar-refractivity contribution in [3.63, 3.8) is 0 Å². The van der Waals surface area contributed by atoms with Gasteiger partial charge in [-0.05, 0) is 56.3 Å². The highest BCUT2D eigenvalue weighted by Crippen LogP contribution is 2.38. The van der Waals surface area contributed by atoms with Crippen LogP contribution in [0.2, 0.25) is 0 Å². The van der Waals surface area contributed by atoms with E-state index in [1.807, 2.05) is 42.5 Å². The van der Waals surface area contributed by atoms with E-state index in [0.717, 1.165) is 0 Å². The van der Waals surface area contributed by atoms with Crippen LogP contribution in [0.4, 0.5) is 5.69 Å². The van der Waals surface area contributed by atoms with Gasteiger partial charge in [0.25, 0.3) is 16.8 Å². The molecule has 2 heterocycles. The topological polar surface area (TPSA) is 145 Å². The van der Waals surface area contributed by atoms with E-state index in [1.54, 1.807) is 56.3 Å². The molecule has 5 aromatic rings. The zero-order valence-electron chi connectivity index (χ0n) is 24.4. The number of benzene rings is 3. The van der Waals surface area contributed by atoms with Crippen LogP contribution in [0, 0.1) is 29.9 Å². The molecule has 2 aromatic heterocycles. The summed E-state index contributed by atoms with van der Waals surface area (Å²) in [5, 5.41) is 17.4. The molecule has 11 heteroatoms. The summed E-state index contributed by atoms with van der Waals surface area (Å²) < 4.78 is 8.85. The lowest BCUT2D eigenvalue weighted by Crippen LogP contribution is -2.35. The smallest absolute Gasteiger partial charge is 0.338 e. The van der Waals surface area contributed by atoms with E-state index < -0.39 is 28.8 Å². The second-order valence-electron chi connectivity index (χ2n) is 10.8. The number of H-pyrrole nitrogens is 2. The van der Waals surface area contributed by atoms with Crippen LogP contribution in [-0.2, 0) is 4.74 Å². The van der Waals surface area contributed by atoms with Crippen molar-refractivity contribution in [1.82, 2.24) is 19.6 Å². The van der Waals surface area contributed by atoms with Gasteiger partial charge in [0.1, 0.15) is 6.10 Å². The fourth-order valence-corrected chi connectivity index (χ4v) is 5.83. The third kappa shape index (κ3) is 5.47. The molecule has 226 valence electrons. The number of carbonyl (C=O) groups is 1. The maximum Gasteiger partial charge on any atom is 0.338 e. The molecule has 0 radical (unpaired) electrons. The second-order valence-corrected chi connectivity index (χ2v) is 10.8. The first-order valence-electron chi connectivity index (χ1n) is 14.3. The quantitative estimate of drug-likeness (QED) is 0.140. The van der Waals surface area contributed by atoms with E-state index in [2.05, 4.69) is 10.2 Å². The summed E-state index contributed by atoms with van der Waals surface area (Å²) in [5.74, 6) is -2.18. The van der Waals surface area contributed by atoms with Gasteiger partial charge in [-0.1, -0.05) is 54.6 Å². The number of nitro benzene ring substituents is 1. The predicted octanol–water partition coefficient (Wildman–Crippen LogP) is 5.27. The van der Waals surface area contributed by atoms with E-state index in [9.17, 15) is 24.5 Å². The Morgan fingerprint density at radius 3 is 1.76 bits per heavy atom. The molecular weight excluding hydrogens is 574 g/mol. The van der Waals surface area contributed by atoms with Crippen LogP contribution in [0.15, 0.2) is 119 Å². The summed E-state index contributed by atoms with van der Waals surface area (Å²) in [7, 11) is 0. The molecular formula is C34H29N5O6. The lowest BCUT2D eigenvalue weighted by atomic mass is 9.76. The van der Waals surface area contributed by atoms with Crippen LogP contribution in [0.5, 0.6) is 0 Å². The zero-order chi connectivity index (χ0) is 31.7. The average Bonchev–Trinajstić information content (AvgIpc) is 3.52. The molecule has 0 bridgehead atoms. The molecule has 0 saturated heterocycles. The number of hydrogen-bond acceptors (Lipinski definition) is 6. The Bertz CT molecular complexity index is 1950. The van der Waals surface area contributed by atoms with Crippen molar-refractivity contribution in [3.8, 4) is 11.4 Å². The van der Waals surface area contributed by atoms with Crippen molar-refractivity contribution in [1.29, 1.82) is 0 Å². The number of rotatable bonds is 8. The van der Waals surface area contributed by atoms with Gasteiger partial charge in [-0.3, -0.25) is 29.9 Å². The van der Waals surface area contributed by atoms with Crippen LogP contribution >= 0.6 is 0 Å². The molecule has 45 heavy (non-hydrogen) atoms. The van der Waals surface area contributed by atoms with Crippen LogP contribution in [0.1, 0.15) is 38.8 Å². The number of hydrogen-bond donors (Lipinski definition) is 2. The minimum atomic E-state index is -0.875. The Hall–Kier alpha value is -5.97. The van der Waals surface area contributed by atoms with E-state index in [1.165, 1.54) is 33.6 Å². The van der Waals surface area contributed by atoms with E-state index >= 15 is 0 Å². The van der Waals surface area contributed by atoms with E-state index in [-0.39, 0.29) is 22.4 Å². The Kier molecular flexibility index (Phi) is 7.74. The highest BCUT2D eigenvalue weighted by Gasteiger charge is 2.39. The maximum atomic E-state index is 14.2. The lowest BCUT2D eigenvalue weighted by Gasteiger charge is -2.30. The molecule has 3 aromatic carbocycles. The number of nitrogens with one attached hydrogen (secondary N) is 2. The summed E-state index contributed by atoms with van der Waals surface area (Å²) in [6, 6.07) is 23.4. The Morgan fingerprint density at radius 1 is 0.778 bits per heavy atom. The first-order chi connectivity index (χ1) is 21.7. The summed E-state index contributed by atoms with van der Waals surface area (Å²) in [5.41, 5.74) is 2.40. The van der Waals surface area contributed by atoms with Crippen LogP contribution < -0.4 is 11.1 Å². The molecule has 0 aliphatic heterocycles. The van der Waals surface area contributed by atoms with Crippen molar-refractivity contribution in [2.45, 2.75) is 25.9 Å². The predicted molar refractivity (Wildman–Crippen MR) is 168 cm³/mol. The molecule has 0 saturated carbocycles. The fourth-order valence-electron chi connectivity index (χ4n) is 5.83. The van der Waals surface area contributed by atoms with Crippen molar-refractivity contribution >= 4 is 11.7 Å². The first-order valence-corrected chi connectivity index (χ1v) is 14.3. The minimum Gasteiger partial charge on any atom is -0.454 e. The minimum absolute atomic E-state index is 0.132. The van der Waals surface area contributed by atoms with E-state index in [0.29, 0.717) is 33.9 Å². The summed E-state index contributed by atoms with van der Waals surface area (Å²) >= 11 is 0. The molecule has 0 unspecified atom stereocenters. The number of aromatic amines is 2. The number of ether oxygens (including phenoxy) is 1. The largest absolute Gasteiger partial charge is 0.454 e. The number of allylic oxidation sites excluding steroid dienone is 2. The number of nitrogens with zero attached hydrogens (tertiary/aromatic N) is 3. The number of esters is 1. The third-order valence-electron chi connectivity index (χ3n) is 7.95. The molecule has 0 spiro atoms. The van der Waals surface area contributed by atoms with Gasteiger partial charge < -0.3 is 4.74 Å². The molecule has 1 aliphatic rings. The molecule has 11 nitrogen and oxygen atoms in total. The van der Waals surface area contributed by atoms with Gasteiger partial charge in [-0.25, -0.2) is 14.2 Å². The van der Waals surface area contributed by atoms with Crippen molar-refractivity contribution in [3.05, 3.63) is 168 Å². The van der Waals surface area contributed by atoms with Gasteiger partial charge in [0, 0.05) is 46.5 Å². The van der Waals surface area contributed by atoms with Crippen molar-refractivity contribution < 1.29 is 14.5 Å². The third-order valence-corrected chi connectivity index (χ3v) is 7.95. The molecule has 2 N–H and O–H groups in total. The summed E-state index contributed by atoms with van der Waals surface area (Å²) in [4.78, 5) is 52.2. The second kappa shape index (κ2) is 12.0. The molecule has 0 fully saturated rings. The van der Waals surface area contributed by atoms with Gasteiger partial charge in [-0.15, -0.1) is 0 Å². The van der Waals surface area contributed by atoms with Crippen molar-refractivity contribution in [2.24, 2.45) is 5.92 Å². The number of aryl methyl sites for hydroxylation is 2.